The van der Waals surface area contributed by atoms with Gasteiger partial charge in [-0.05, 0) is 24.3 Å². The van der Waals surface area contributed by atoms with Crippen LogP contribution in [0.5, 0.6) is 0 Å². The zero-order chi connectivity index (χ0) is 15.6. The van der Waals surface area contributed by atoms with Crippen LogP contribution in [-0.4, -0.2) is 29.8 Å². The van der Waals surface area contributed by atoms with Gasteiger partial charge in [-0.25, -0.2) is 4.68 Å². The molecule has 23 heavy (non-hydrogen) atoms. The lowest BCUT2D eigenvalue weighted by Gasteiger charge is -2.06. The van der Waals surface area contributed by atoms with Gasteiger partial charge in [-0.15, -0.1) is 15.3 Å². The molecule has 6 nitrogen and oxygen atoms in total. The Morgan fingerprint density at radius 2 is 1.96 bits per heavy atom. The highest BCUT2D eigenvalue weighted by molar-refractivity contribution is 5.47. The van der Waals surface area contributed by atoms with Crippen LogP contribution in [0.4, 0.5) is 0 Å². The molecular formula is C17H20N6. The van der Waals surface area contributed by atoms with Gasteiger partial charge in [0.2, 0.25) is 0 Å². The van der Waals surface area contributed by atoms with Crippen molar-refractivity contribution in [2.24, 2.45) is 5.92 Å². The predicted octanol–water partition coefficient (Wildman–Crippen LogP) is 2.56. The van der Waals surface area contributed by atoms with E-state index >= 15 is 0 Å². The summed E-state index contributed by atoms with van der Waals surface area (Å²) in [6.07, 6.45) is 5.29. The average molecular weight is 308 g/mol. The van der Waals surface area contributed by atoms with Crippen LogP contribution in [0.1, 0.15) is 31.2 Å². The highest BCUT2D eigenvalue weighted by Gasteiger charge is 2.20. The molecule has 1 aliphatic rings. The first-order valence-corrected chi connectivity index (χ1v) is 8.16. The molecule has 1 atom stereocenters. The lowest BCUT2D eigenvalue weighted by atomic mass is 10.0. The van der Waals surface area contributed by atoms with Crippen molar-refractivity contribution in [3.63, 3.8) is 0 Å². The number of aromatic nitrogens is 6. The molecule has 118 valence electrons. The van der Waals surface area contributed by atoms with Crippen LogP contribution in [0.3, 0.4) is 0 Å². The van der Waals surface area contributed by atoms with Crippen LogP contribution in [0, 0.1) is 5.92 Å². The minimum absolute atomic E-state index is 0.714. The fourth-order valence-corrected chi connectivity index (χ4v) is 3.06. The molecule has 1 aromatic carbocycles. The van der Waals surface area contributed by atoms with Crippen LogP contribution in [0.15, 0.2) is 36.5 Å². The Morgan fingerprint density at radius 1 is 1.09 bits per heavy atom. The Labute approximate surface area is 135 Å². The SMILES string of the molecule is CC1CCc2nnc(-c3cn(Cc4ccccc4)nn3)n2CC1. The van der Waals surface area contributed by atoms with E-state index in [1.807, 2.05) is 29.1 Å². The van der Waals surface area contributed by atoms with Crippen molar-refractivity contribution in [2.45, 2.75) is 39.3 Å². The molecule has 1 aliphatic heterocycles. The maximum Gasteiger partial charge on any atom is 0.186 e. The minimum Gasteiger partial charge on any atom is -0.310 e. The van der Waals surface area contributed by atoms with Gasteiger partial charge in [0, 0.05) is 13.0 Å². The standard InChI is InChI=1S/C17H20N6/c1-13-7-8-16-19-20-17(23(16)10-9-13)15-12-22(21-18-15)11-14-5-3-2-4-6-14/h2-6,12-13H,7-11H2,1H3. The fraction of sp³-hybridized carbons (Fsp3) is 0.412. The van der Waals surface area contributed by atoms with Gasteiger partial charge in [0.1, 0.15) is 5.82 Å². The van der Waals surface area contributed by atoms with Crippen molar-refractivity contribution in [3.05, 3.63) is 47.9 Å². The number of nitrogens with zero attached hydrogens (tertiary/aromatic N) is 6. The van der Waals surface area contributed by atoms with Crippen LogP contribution in [0.2, 0.25) is 0 Å². The second-order valence-corrected chi connectivity index (χ2v) is 6.31. The molecule has 0 saturated carbocycles. The lowest BCUT2D eigenvalue weighted by molar-refractivity contribution is 0.486. The smallest absolute Gasteiger partial charge is 0.186 e. The number of hydrogen-bond donors (Lipinski definition) is 0. The van der Waals surface area contributed by atoms with E-state index in [0.29, 0.717) is 6.54 Å². The Bertz CT molecular complexity index is 789. The largest absolute Gasteiger partial charge is 0.310 e. The fourth-order valence-electron chi connectivity index (χ4n) is 3.06. The molecule has 0 fully saturated rings. The maximum atomic E-state index is 4.36. The van der Waals surface area contributed by atoms with E-state index in [4.69, 9.17) is 0 Å². The van der Waals surface area contributed by atoms with Crippen molar-refractivity contribution >= 4 is 0 Å². The topological polar surface area (TPSA) is 61.4 Å². The molecule has 1 unspecified atom stereocenters. The first-order chi connectivity index (χ1) is 11.3. The summed E-state index contributed by atoms with van der Waals surface area (Å²) < 4.78 is 4.06. The van der Waals surface area contributed by atoms with Gasteiger partial charge < -0.3 is 4.57 Å². The molecule has 3 aromatic rings. The van der Waals surface area contributed by atoms with Crippen LogP contribution in [0.25, 0.3) is 11.5 Å². The Morgan fingerprint density at radius 3 is 2.83 bits per heavy atom. The van der Waals surface area contributed by atoms with E-state index in [-0.39, 0.29) is 0 Å². The van der Waals surface area contributed by atoms with Gasteiger partial charge in [-0.1, -0.05) is 42.5 Å². The van der Waals surface area contributed by atoms with E-state index in [2.05, 4.69) is 44.1 Å². The van der Waals surface area contributed by atoms with Gasteiger partial charge in [-0.2, -0.15) is 0 Å². The van der Waals surface area contributed by atoms with Gasteiger partial charge in [0.25, 0.3) is 0 Å². The Hall–Kier alpha value is -2.50. The van der Waals surface area contributed by atoms with Crippen LogP contribution < -0.4 is 0 Å². The summed E-state index contributed by atoms with van der Waals surface area (Å²) in [6.45, 7) is 3.98. The summed E-state index contributed by atoms with van der Waals surface area (Å²) in [6, 6.07) is 10.3. The number of hydrogen-bond acceptors (Lipinski definition) is 4. The van der Waals surface area contributed by atoms with E-state index in [9.17, 15) is 0 Å². The third-order valence-electron chi connectivity index (χ3n) is 4.49. The van der Waals surface area contributed by atoms with Crippen LogP contribution in [-0.2, 0) is 19.5 Å². The average Bonchev–Trinajstić information content (AvgIpc) is 3.14. The van der Waals surface area contributed by atoms with E-state index in [1.165, 1.54) is 12.0 Å². The third-order valence-corrected chi connectivity index (χ3v) is 4.49. The summed E-state index contributed by atoms with van der Waals surface area (Å²) in [5, 5.41) is 17.3. The summed E-state index contributed by atoms with van der Waals surface area (Å²) in [5.41, 5.74) is 2.01. The van der Waals surface area contributed by atoms with Crippen molar-refractivity contribution < 1.29 is 0 Å². The number of rotatable bonds is 3. The molecule has 6 heteroatoms. The minimum atomic E-state index is 0.714. The normalized spacial score (nSPS) is 17.7. The van der Waals surface area contributed by atoms with Crippen molar-refractivity contribution in [3.8, 4) is 11.5 Å². The van der Waals surface area contributed by atoms with E-state index < -0.39 is 0 Å². The molecule has 4 rings (SSSR count). The third kappa shape index (κ3) is 2.88. The molecule has 0 aliphatic carbocycles. The van der Waals surface area contributed by atoms with Gasteiger partial charge in [-0.3, -0.25) is 0 Å². The molecule has 0 spiro atoms. The first-order valence-electron chi connectivity index (χ1n) is 8.16. The summed E-state index contributed by atoms with van der Waals surface area (Å²) in [5.74, 6) is 2.65. The predicted molar refractivity (Wildman–Crippen MR) is 86.7 cm³/mol. The van der Waals surface area contributed by atoms with Crippen LogP contribution >= 0.6 is 0 Å². The highest BCUT2D eigenvalue weighted by atomic mass is 15.4. The Balaban J connectivity index is 1.59. The zero-order valence-electron chi connectivity index (χ0n) is 13.3. The number of benzene rings is 1. The maximum absolute atomic E-state index is 4.36. The number of fused-ring (bicyclic) bond motifs is 1. The van der Waals surface area contributed by atoms with Gasteiger partial charge in [0.15, 0.2) is 11.5 Å². The molecular weight excluding hydrogens is 288 g/mol. The summed E-state index contributed by atoms with van der Waals surface area (Å²) in [4.78, 5) is 0. The summed E-state index contributed by atoms with van der Waals surface area (Å²) in [7, 11) is 0. The second kappa shape index (κ2) is 5.95. The highest BCUT2D eigenvalue weighted by Crippen LogP contribution is 2.23. The second-order valence-electron chi connectivity index (χ2n) is 6.31. The van der Waals surface area contributed by atoms with Crippen molar-refractivity contribution in [2.75, 3.05) is 0 Å². The molecule has 2 aromatic heterocycles. The monoisotopic (exact) mass is 308 g/mol. The molecule has 0 radical (unpaired) electrons. The zero-order valence-corrected chi connectivity index (χ0v) is 13.3. The molecule has 0 bridgehead atoms. The molecule has 0 N–H and O–H groups in total. The molecule has 0 amide bonds. The van der Waals surface area contributed by atoms with Crippen molar-refractivity contribution in [1.82, 2.24) is 29.8 Å². The van der Waals surface area contributed by atoms with E-state index in [0.717, 1.165) is 42.6 Å². The Kier molecular flexibility index (Phi) is 3.65. The number of aryl methyl sites for hydroxylation is 1. The summed E-state index contributed by atoms with van der Waals surface area (Å²) >= 11 is 0. The quantitative estimate of drug-likeness (QED) is 0.746. The van der Waals surface area contributed by atoms with Crippen molar-refractivity contribution in [1.29, 1.82) is 0 Å². The van der Waals surface area contributed by atoms with E-state index in [1.54, 1.807) is 0 Å². The lowest BCUT2D eigenvalue weighted by Crippen LogP contribution is -2.03. The van der Waals surface area contributed by atoms with Gasteiger partial charge >= 0.3 is 0 Å². The van der Waals surface area contributed by atoms with Gasteiger partial charge in [0.05, 0.1) is 12.7 Å². The molecule has 3 heterocycles. The molecule has 0 saturated heterocycles. The first kappa shape index (κ1) is 14.1.